The molecule has 0 bridgehead atoms. The second-order valence-electron chi connectivity index (χ2n) is 6.19. The van der Waals surface area contributed by atoms with Gasteiger partial charge in [0.05, 0.1) is 4.34 Å². The number of guanidine groups is 1. The van der Waals surface area contributed by atoms with Crippen LogP contribution in [0.1, 0.15) is 43.9 Å². The third-order valence-corrected chi connectivity index (χ3v) is 5.46. The molecule has 1 fully saturated rings. The van der Waals surface area contributed by atoms with E-state index in [1.807, 2.05) is 11.0 Å². The van der Waals surface area contributed by atoms with E-state index < -0.39 is 0 Å². The van der Waals surface area contributed by atoms with Crippen molar-refractivity contribution in [2.24, 2.45) is 4.99 Å². The number of hydrogen-bond donors (Lipinski definition) is 2. The topological polar surface area (TPSA) is 56.7 Å². The lowest BCUT2D eigenvalue weighted by Gasteiger charge is -2.20. The maximum atomic E-state index is 12.0. The number of aliphatic imine (C=N–C) groups is 1. The van der Waals surface area contributed by atoms with Crippen molar-refractivity contribution in [1.29, 1.82) is 0 Å². The van der Waals surface area contributed by atoms with E-state index >= 15 is 0 Å². The molecule has 0 spiro atoms. The van der Waals surface area contributed by atoms with Crippen LogP contribution in [-0.4, -0.2) is 49.5 Å². The van der Waals surface area contributed by atoms with Gasteiger partial charge in [-0.1, -0.05) is 18.0 Å². The summed E-state index contributed by atoms with van der Waals surface area (Å²) in [6.07, 6.45) is 5.89. The summed E-state index contributed by atoms with van der Waals surface area (Å²) >= 11 is 7.57. The smallest absolute Gasteiger partial charge is 0.222 e. The summed E-state index contributed by atoms with van der Waals surface area (Å²) in [6.45, 7) is 6.17. The van der Waals surface area contributed by atoms with Gasteiger partial charge in [-0.05, 0) is 44.7 Å². The van der Waals surface area contributed by atoms with Crippen molar-refractivity contribution in [2.45, 2.75) is 45.4 Å². The summed E-state index contributed by atoms with van der Waals surface area (Å²) in [7, 11) is 0. The van der Waals surface area contributed by atoms with Crippen LogP contribution in [0, 0.1) is 0 Å². The predicted octanol–water partition coefficient (Wildman–Crippen LogP) is 3.29. The molecule has 0 radical (unpaired) electrons. The standard InChI is InChI=1S/C18H29ClN4OS/c1-2-20-18(22-12-10-15-8-9-16(19)25-15)21-11-6-14-23-13-5-3-4-7-17(23)24/h8-9H,2-7,10-14H2,1H3,(H2,20,21,22). The van der Waals surface area contributed by atoms with Gasteiger partial charge in [-0.3, -0.25) is 9.79 Å². The minimum Gasteiger partial charge on any atom is -0.357 e. The molecule has 1 aromatic heterocycles. The van der Waals surface area contributed by atoms with E-state index in [-0.39, 0.29) is 0 Å². The molecule has 25 heavy (non-hydrogen) atoms. The number of rotatable bonds is 8. The number of hydrogen-bond acceptors (Lipinski definition) is 3. The van der Waals surface area contributed by atoms with Crippen LogP contribution in [0.3, 0.4) is 0 Å². The molecule has 1 aliphatic heterocycles. The van der Waals surface area contributed by atoms with Crippen LogP contribution >= 0.6 is 22.9 Å². The first-order valence-corrected chi connectivity index (χ1v) is 10.4. The number of nitrogens with one attached hydrogen (secondary N) is 2. The van der Waals surface area contributed by atoms with Crippen molar-refractivity contribution in [3.63, 3.8) is 0 Å². The Morgan fingerprint density at radius 2 is 2.20 bits per heavy atom. The van der Waals surface area contributed by atoms with Gasteiger partial charge >= 0.3 is 0 Å². The second kappa shape index (κ2) is 11.4. The fraction of sp³-hybridized carbons (Fsp3) is 0.667. The van der Waals surface area contributed by atoms with Gasteiger partial charge < -0.3 is 15.5 Å². The molecule has 2 N–H and O–H groups in total. The summed E-state index contributed by atoms with van der Waals surface area (Å²) in [5.74, 6) is 1.15. The molecule has 0 unspecified atom stereocenters. The van der Waals surface area contributed by atoms with E-state index in [2.05, 4.69) is 28.6 Å². The van der Waals surface area contributed by atoms with Gasteiger partial charge in [-0.2, -0.15) is 0 Å². The molecule has 1 aromatic rings. The lowest BCUT2D eigenvalue weighted by Crippen LogP contribution is -2.38. The Morgan fingerprint density at radius 1 is 1.32 bits per heavy atom. The van der Waals surface area contributed by atoms with Crippen LogP contribution in [-0.2, 0) is 11.2 Å². The maximum absolute atomic E-state index is 12.0. The van der Waals surface area contributed by atoms with Gasteiger partial charge in [0.25, 0.3) is 0 Å². The first kappa shape index (κ1) is 20.0. The minimum absolute atomic E-state index is 0.307. The first-order chi connectivity index (χ1) is 12.2. The van der Waals surface area contributed by atoms with Gasteiger partial charge in [0.1, 0.15) is 0 Å². The average molecular weight is 385 g/mol. The zero-order valence-electron chi connectivity index (χ0n) is 15.0. The molecule has 1 saturated heterocycles. The molecule has 1 amide bonds. The van der Waals surface area contributed by atoms with E-state index in [9.17, 15) is 4.79 Å². The van der Waals surface area contributed by atoms with E-state index in [0.29, 0.717) is 12.3 Å². The van der Waals surface area contributed by atoms with E-state index in [0.717, 1.165) is 68.7 Å². The zero-order valence-corrected chi connectivity index (χ0v) is 16.6. The summed E-state index contributed by atoms with van der Waals surface area (Å²) < 4.78 is 0.832. The molecule has 0 saturated carbocycles. The molecule has 0 aliphatic carbocycles. The second-order valence-corrected chi connectivity index (χ2v) is 7.99. The van der Waals surface area contributed by atoms with E-state index in [1.165, 1.54) is 11.3 Å². The first-order valence-electron chi connectivity index (χ1n) is 9.23. The van der Waals surface area contributed by atoms with Crippen molar-refractivity contribution < 1.29 is 4.79 Å². The molecule has 140 valence electrons. The van der Waals surface area contributed by atoms with Gasteiger partial charge in [0, 0.05) is 44.0 Å². The highest BCUT2D eigenvalue weighted by atomic mass is 35.5. The molecular weight excluding hydrogens is 356 g/mol. The van der Waals surface area contributed by atoms with E-state index in [1.54, 1.807) is 11.3 Å². The summed E-state index contributed by atoms with van der Waals surface area (Å²) in [5.41, 5.74) is 0. The average Bonchev–Trinajstić information content (AvgIpc) is 2.90. The summed E-state index contributed by atoms with van der Waals surface area (Å²) in [4.78, 5) is 19.9. The highest BCUT2D eigenvalue weighted by Crippen LogP contribution is 2.21. The van der Waals surface area contributed by atoms with Gasteiger partial charge in [0.15, 0.2) is 5.96 Å². The van der Waals surface area contributed by atoms with Gasteiger partial charge in [-0.25, -0.2) is 0 Å². The normalized spacial score (nSPS) is 16.0. The van der Waals surface area contributed by atoms with Crippen LogP contribution in [0.25, 0.3) is 0 Å². The molecule has 1 aliphatic rings. The summed E-state index contributed by atoms with van der Waals surface area (Å²) in [5, 5.41) is 6.62. The van der Waals surface area contributed by atoms with Crippen molar-refractivity contribution in [3.8, 4) is 0 Å². The number of amides is 1. The minimum atomic E-state index is 0.307. The van der Waals surface area contributed by atoms with Gasteiger partial charge in [0.2, 0.25) is 5.91 Å². The Balaban J connectivity index is 1.69. The third-order valence-electron chi connectivity index (χ3n) is 4.16. The molecule has 2 rings (SSSR count). The number of carbonyl (C=O) groups is 1. The Bertz CT molecular complexity index is 561. The maximum Gasteiger partial charge on any atom is 0.222 e. The monoisotopic (exact) mass is 384 g/mol. The molecule has 7 heteroatoms. The summed E-state index contributed by atoms with van der Waals surface area (Å²) in [6, 6.07) is 4.00. The predicted molar refractivity (Wildman–Crippen MR) is 107 cm³/mol. The van der Waals surface area contributed by atoms with Crippen LogP contribution in [0.4, 0.5) is 0 Å². The van der Waals surface area contributed by atoms with Crippen LogP contribution in [0.5, 0.6) is 0 Å². The van der Waals surface area contributed by atoms with Gasteiger partial charge in [-0.15, -0.1) is 11.3 Å². The fourth-order valence-electron chi connectivity index (χ4n) is 2.86. The Hall–Kier alpha value is -1.27. The number of thiophene rings is 1. The van der Waals surface area contributed by atoms with Crippen molar-refractivity contribution in [3.05, 3.63) is 21.3 Å². The quantitative estimate of drug-likeness (QED) is 0.410. The molecule has 2 heterocycles. The molecular formula is C18H29ClN4OS. The van der Waals surface area contributed by atoms with Crippen molar-refractivity contribution in [1.82, 2.24) is 15.5 Å². The Morgan fingerprint density at radius 3 is 2.96 bits per heavy atom. The molecule has 0 aromatic carbocycles. The number of likely N-dealkylation sites (tertiary alicyclic amines) is 1. The largest absolute Gasteiger partial charge is 0.357 e. The van der Waals surface area contributed by atoms with Crippen LogP contribution in [0.15, 0.2) is 17.1 Å². The van der Waals surface area contributed by atoms with Crippen molar-refractivity contribution in [2.75, 3.05) is 32.7 Å². The number of nitrogens with zero attached hydrogens (tertiary/aromatic N) is 2. The fourth-order valence-corrected chi connectivity index (χ4v) is 3.95. The zero-order chi connectivity index (χ0) is 17.9. The van der Waals surface area contributed by atoms with E-state index in [4.69, 9.17) is 11.6 Å². The van der Waals surface area contributed by atoms with Crippen LogP contribution in [0.2, 0.25) is 4.34 Å². The lowest BCUT2D eigenvalue weighted by atomic mass is 10.2. The van der Waals surface area contributed by atoms with Crippen molar-refractivity contribution >= 4 is 34.8 Å². The lowest BCUT2D eigenvalue weighted by molar-refractivity contribution is -0.130. The van der Waals surface area contributed by atoms with Crippen LogP contribution < -0.4 is 10.6 Å². The Kier molecular flexibility index (Phi) is 9.11. The third kappa shape index (κ3) is 7.65. The highest BCUT2D eigenvalue weighted by molar-refractivity contribution is 7.16. The number of halogens is 1. The molecule has 0 atom stereocenters. The molecule has 5 nitrogen and oxygen atoms in total. The Labute approximate surface area is 159 Å². The SMILES string of the molecule is CCNC(=NCCCN1CCCCCC1=O)NCCc1ccc(Cl)s1. The highest BCUT2D eigenvalue weighted by Gasteiger charge is 2.15. The number of carbonyl (C=O) groups excluding carboxylic acids is 1.